The highest BCUT2D eigenvalue weighted by atomic mass is 35.5. The van der Waals surface area contributed by atoms with Crippen LogP contribution in [-0.4, -0.2) is 56.4 Å². The fourth-order valence-corrected chi connectivity index (χ4v) is 3.13. The molecule has 2 amide bonds. The first-order valence-electron chi connectivity index (χ1n) is 8.58. The topological polar surface area (TPSA) is 123 Å². The van der Waals surface area contributed by atoms with Crippen molar-refractivity contribution in [1.29, 1.82) is 0 Å². The van der Waals surface area contributed by atoms with Crippen molar-refractivity contribution in [2.45, 2.75) is 6.04 Å². The predicted octanol–water partition coefficient (Wildman–Crippen LogP) is 1.79. The number of hydrogen-bond donors (Lipinski definition) is 1. The number of aromatic nitrogens is 5. The summed E-state index contributed by atoms with van der Waals surface area (Å²) in [7, 11) is 1.53. The summed E-state index contributed by atoms with van der Waals surface area (Å²) in [6.07, 6.45) is 7.08. The van der Waals surface area contributed by atoms with Crippen molar-refractivity contribution in [3.8, 4) is 17.0 Å². The number of halogens is 2. The van der Waals surface area contributed by atoms with E-state index in [-0.39, 0.29) is 17.5 Å². The van der Waals surface area contributed by atoms with Gasteiger partial charge in [0, 0.05) is 37.3 Å². The van der Waals surface area contributed by atoms with Gasteiger partial charge in [-0.05, 0) is 0 Å². The Labute approximate surface area is 180 Å². The number of nitrogens with one attached hydrogen (secondary N) is 1. The number of anilines is 1. The molecule has 3 aromatic rings. The van der Waals surface area contributed by atoms with E-state index in [0.29, 0.717) is 27.8 Å². The highest BCUT2D eigenvalue weighted by Crippen LogP contribution is 2.30. The second-order valence-electron chi connectivity index (χ2n) is 6.23. The quantitative estimate of drug-likeness (QED) is 0.646. The van der Waals surface area contributed by atoms with Gasteiger partial charge >= 0.3 is 0 Å². The van der Waals surface area contributed by atoms with Gasteiger partial charge in [-0.3, -0.25) is 14.5 Å². The van der Waals surface area contributed by atoms with Crippen LogP contribution < -0.4 is 15.0 Å². The first-order valence-corrected chi connectivity index (χ1v) is 9.34. The summed E-state index contributed by atoms with van der Waals surface area (Å²) in [5.74, 6) is -0.615. The Morgan fingerprint density at radius 3 is 2.73 bits per heavy atom. The van der Waals surface area contributed by atoms with Crippen molar-refractivity contribution in [2.24, 2.45) is 0 Å². The molecule has 30 heavy (non-hydrogen) atoms. The van der Waals surface area contributed by atoms with Crippen LogP contribution >= 0.6 is 23.2 Å². The Bertz CT molecular complexity index is 1130. The molecule has 0 aliphatic carbocycles. The molecule has 1 aliphatic heterocycles. The first kappa shape index (κ1) is 19.9. The van der Waals surface area contributed by atoms with Gasteiger partial charge in [-0.15, -0.1) is 0 Å². The van der Waals surface area contributed by atoms with Crippen LogP contribution in [0.4, 0.5) is 5.82 Å². The van der Waals surface area contributed by atoms with Crippen molar-refractivity contribution in [3.63, 3.8) is 0 Å². The van der Waals surface area contributed by atoms with Gasteiger partial charge in [0.05, 0.1) is 21.9 Å². The van der Waals surface area contributed by atoms with Crippen LogP contribution in [0.5, 0.6) is 5.75 Å². The van der Waals surface area contributed by atoms with Crippen LogP contribution in [0.15, 0.2) is 37.2 Å². The minimum absolute atomic E-state index is 0.114. The third-order valence-electron chi connectivity index (χ3n) is 4.24. The standard InChI is InChI=1S/C18H13Cl2N7O3/c1-27-16-13(2-10(19)5-24-16)30-7-12(18(27)29)25-17(28)15-23-6-11(20)14(26-15)9-3-21-8-22-4-9/h2-6,8,12H,7H2,1H3,(H,25,28). The number of fused-ring (bicyclic) bond motifs is 1. The minimum atomic E-state index is -0.988. The third kappa shape index (κ3) is 3.87. The zero-order valence-electron chi connectivity index (χ0n) is 15.4. The number of carbonyl (C=O) groups is 2. The fourth-order valence-electron chi connectivity index (χ4n) is 2.78. The molecule has 10 nitrogen and oxygen atoms in total. The Hall–Kier alpha value is -3.37. The van der Waals surface area contributed by atoms with Gasteiger partial charge in [0.25, 0.3) is 11.8 Å². The molecule has 1 atom stereocenters. The molecule has 1 aliphatic rings. The lowest BCUT2D eigenvalue weighted by molar-refractivity contribution is -0.120. The van der Waals surface area contributed by atoms with Crippen molar-refractivity contribution in [2.75, 3.05) is 18.6 Å². The minimum Gasteiger partial charge on any atom is -0.487 e. The molecular weight excluding hydrogens is 433 g/mol. The Kier molecular flexibility index (Phi) is 5.42. The number of likely N-dealkylation sites (N-methyl/N-ethyl adjacent to an activating group) is 1. The SMILES string of the molecule is CN1C(=O)C(NC(=O)c2ncc(Cl)c(-c3cncnc3)n2)COc2cc(Cl)cnc21. The molecule has 1 unspecified atom stereocenters. The lowest BCUT2D eigenvalue weighted by Crippen LogP contribution is -2.49. The number of pyridine rings is 1. The number of rotatable bonds is 3. The van der Waals surface area contributed by atoms with Crippen LogP contribution in [0.25, 0.3) is 11.3 Å². The summed E-state index contributed by atoms with van der Waals surface area (Å²) in [4.78, 5) is 46.9. The number of carbonyl (C=O) groups excluding carboxylic acids is 2. The average Bonchev–Trinajstić information content (AvgIpc) is 2.86. The smallest absolute Gasteiger partial charge is 0.289 e. The molecule has 1 N–H and O–H groups in total. The molecule has 4 rings (SSSR count). The molecular formula is C18H13Cl2N7O3. The van der Waals surface area contributed by atoms with E-state index in [4.69, 9.17) is 27.9 Å². The third-order valence-corrected chi connectivity index (χ3v) is 4.72. The lowest BCUT2D eigenvalue weighted by atomic mass is 10.2. The molecule has 0 saturated heterocycles. The zero-order valence-corrected chi connectivity index (χ0v) is 16.9. The molecule has 12 heteroatoms. The number of nitrogens with zero attached hydrogens (tertiary/aromatic N) is 6. The molecule has 0 radical (unpaired) electrons. The molecule has 3 aromatic heterocycles. The highest BCUT2D eigenvalue weighted by Gasteiger charge is 2.32. The summed E-state index contributed by atoms with van der Waals surface area (Å²) in [6.45, 7) is -0.114. The van der Waals surface area contributed by atoms with E-state index >= 15 is 0 Å². The summed E-state index contributed by atoms with van der Waals surface area (Å²) in [6, 6.07) is 0.562. The molecule has 0 bridgehead atoms. The number of ether oxygens (including phenoxy) is 1. The fraction of sp³-hybridized carbons (Fsp3) is 0.167. The molecule has 152 valence electrons. The van der Waals surface area contributed by atoms with Crippen molar-refractivity contribution in [3.05, 3.63) is 53.1 Å². The van der Waals surface area contributed by atoms with Crippen molar-refractivity contribution >= 4 is 40.8 Å². The maximum atomic E-state index is 12.8. The van der Waals surface area contributed by atoms with Gasteiger partial charge in [-0.2, -0.15) is 0 Å². The molecule has 4 heterocycles. The van der Waals surface area contributed by atoms with Crippen LogP contribution in [0.2, 0.25) is 10.0 Å². The molecule has 0 saturated carbocycles. The monoisotopic (exact) mass is 445 g/mol. The Balaban J connectivity index is 1.57. The van der Waals surface area contributed by atoms with Gasteiger partial charge in [-0.25, -0.2) is 24.9 Å². The van der Waals surface area contributed by atoms with E-state index in [1.807, 2.05) is 0 Å². The summed E-state index contributed by atoms with van der Waals surface area (Å²) in [5, 5.41) is 3.18. The Morgan fingerprint density at radius 1 is 1.20 bits per heavy atom. The summed E-state index contributed by atoms with van der Waals surface area (Å²) >= 11 is 12.1. The van der Waals surface area contributed by atoms with E-state index < -0.39 is 17.9 Å². The lowest BCUT2D eigenvalue weighted by Gasteiger charge is -2.19. The van der Waals surface area contributed by atoms with Crippen LogP contribution in [0.3, 0.4) is 0 Å². The maximum Gasteiger partial charge on any atom is 0.289 e. The van der Waals surface area contributed by atoms with Gasteiger partial charge in [0.1, 0.15) is 19.0 Å². The summed E-state index contributed by atoms with van der Waals surface area (Å²) in [5.41, 5.74) is 0.815. The van der Waals surface area contributed by atoms with E-state index in [9.17, 15) is 9.59 Å². The van der Waals surface area contributed by atoms with Gasteiger partial charge in [-0.1, -0.05) is 23.2 Å². The van der Waals surface area contributed by atoms with E-state index in [0.717, 1.165) is 0 Å². The number of amides is 2. The van der Waals surface area contributed by atoms with E-state index in [1.54, 1.807) is 6.07 Å². The second-order valence-corrected chi connectivity index (χ2v) is 7.07. The molecule has 0 fully saturated rings. The van der Waals surface area contributed by atoms with Crippen molar-refractivity contribution < 1.29 is 14.3 Å². The molecule has 0 spiro atoms. The van der Waals surface area contributed by atoms with Gasteiger partial charge < -0.3 is 10.1 Å². The van der Waals surface area contributed by atoms with Gasteiger partial charge in [0.15, 0.2) is 11.6 Å². The van der Waals surface area contributed by atoms with E-state index in [2.05, 4.69) is 30.2 Å². The Morgan fingerprint density at radius 2 is 1.97 bits per heavy atom. The maximum absolute atomic E-state index is 12.8. The molecule has 0 aromatic carbocycles. The normalized spacial score (nSPS) is 15.8. The van der Waals surface area contributed by atoms with Crippen molar-refractivity contribution in [1.82, 2.24) is 30.2 Å². The zero-order chi connectivity index (χ0) is 21.3. The van der Waals surface area contributed by atoms with Crippen LogP contribution in [0.1, 0.15) is 10.6 Å². The van der Waals surface area contributed by atoms with Gasteiger partial charge in [0.2, 0.25) is 5.82 Å². The first-order chi connectivity index (χ1) is 14.4. The predicted molar refractivity (Wildman–Crippen MR) is 107 cm³/mol. The van der Waals surface area contributed by atoms with E-state index in [1.165, 1.54) is 43.1 Å². The summed E-state index contributed by atoms with van der Waals surface area (Å²) < 4.78 is 5.63. The second kappa shape index (κ2) is 8.17. The van der Waals surface area contributed by atoms with Crippen LogP contribution in [-0.2, 0) is 4.79 Å². The average molecular weight is 446 g/mol. The highest BCUT2D eigenvalue weighted by molar-refractivity contribution is 6.33. The number of hydrogen-bond acceptors (Lipinski definition) is 8. The largest absolute Gasteiger partial charge is 0.487 e. The van der Waals surface area contributed by atoms with Crippen LogP contribution in [0, 0.1) is 0 Å².